The maximum Gasteiger partial charge on any atom is 0.254 e. The molecule has 4 rings (SSSR count). The predicted molar refractivity (Wildman–Crippen MR) is 130 cm³/mol. The Morgan fingerprint density at radius 2 is 1.61 bits per heavy atom. The number of pyridine rings is 1. The van der Waals surface area contributed by atoms with Crippen molar-refractivity contribution >= 4 is 5.91 Å². The number of benzene rings is 2. The van der Waals surface area contributed by atoms with Crippen molar-refractivity contribution in [2.75, 3.05) is 0 Å². The highest BCUT2D eigenvalue weighted by molar-refractivity contribution is 5.76. The van der Waals surface area contributed by atoms with Gasteiger partial charge >= 0.3 is 0 Å². The van der Waals surface area contributed by atoms with Crippen LogP contribution in [0.2, 0.25) is 0 Å². The van der Waals surface area contributed by atoms with Gasteiger partial charge in [-0.15, -0.1) is 0 Å². The smallest absolute Gasteiger partial charge is 0.254 e. The summed E-state index contributed by atoms with van der Waals surface area (Å²) in [6, 6.07) is 21.8. The van der Waals surface area contributed by atoms with Crippen molar-refractivity contribution in [1.29, 1.82) is 0 Å². The van der Waals surface area contributed by atoms with Gasteiger partial charge in [-0.2, -0.15) is 0 Å². The summed E-state index contributed by atoms with van der Waals surface area (Å²) in [7, 11) is 0. The van der Waals surface area contributed by atoms with Gasteiger partial charge in [0.05, 0.1) is 6.04 Å². The van der Waals surface area contributed by atoms with Crippen LogP contribution in [-0.4, -0.2) is 20.9 Å². The van der Waals surface area contributed by atoms with Gasteiger partial charge in [-0.05, 0) is 49.1 Å². The number of hydrogen-bond acceptors (Lipinski definition) is 4. The van der Waals surface area contributed by atoms with E-state index in [1.807, 2.05) is 37.3 Å². The van der Waals surface area contributed by atoms with Crippen molar-refractivity contribution in [2.45, 2.75) is 32.7 Å². The van der Waals surface area contributed by atoms with Crippen LogP contribution >= 0.6 is 0 Å². The third-order valence-corrected chi connectivity index (χ3v) is 5.67. The van der Waals surface area contributed by atoms with Gasteiger partial charge < -0.3 is 10.3 Å². The predicted octanol–water partition coefficient (Wildman–Crippen LogP) is 4.62. The standard InChI is InChI=1S/C27H26N4O2/c1-18(20-8-10-22(11-9-20)21-6-4-3-5-7-21)29-25(32)13-12-24-19(2)30-26(31-27(24)33)23-14-16-28-17-15-23/h3-11,14-18H,12-13H2,1-2H3,(H,29,32)(H,30,31,33)/t18-/m1/s1. The molecule has 2 aromatic heterocycles. The second kappa shape index (κ2) is 10.0. The highest BCUT2D eigenvalue weighted by Gasteiger charge is 2.14. The van der Waals surface area contributed by atoms with Gasteiger partial charge in [0.1, 0.15) is 5.82 Å². The molecule has 2 heterocycles. The van der Waals surface area contributed by atoms with Crippen molar-refractivity contribution in [3.63, 3.8) is 0 Å². The van der Waals surface area contributed by atoms with Crippen molar-refractivity contribution in [3.05, 3.63) is 106 Å². The Morgan fingerprint density at radius 1 is 0.939 bits per heavy atom. The van der Waals surface area contributed by atoms with Gasteiger partial charge in [0.15, 0.2) is 0 Å². The molecule has 1 amide bonds. The molecule has 0 aliphatic heterocycles. The molecule has 0 radical (unpaired) electrons. The number of aromatic nitrogens is 3. The van der Waals surface area contributed by atoms with Crippen LogP contribution in [0.15, 0.2) is 83.9 Å². The zero-order valence-corrected chi connectivity index (χ0v) is 18.7. The fraction of sp³-hybridized carbons (Fsp3) is 0.185. The second-order valence-electron chi connectivity index (χ2n) is 7.99. The molecule has 0 aliphatic rings. The molecule has 0 spiro atoms. The molecule has 2 N–H and O–H groups in total. The van der Waals surface area contributed by atoms with E-state index >= 15 is 0 Å². The summed E-state index contributed by atoms with van der Waals surface area (Å²) in [4.78, 5) is 36.5. The van der Waals surface area contributed by atoms with Gasteiger partial charge in [-0.1, -0.05) is 54.6 Å². The lowest BCUT2D eigenvalue weighted by atomic mass is 10.0. The molecular formula is C27H26N4O2. The van der Waals surface area contributed by atoms with Crippen molar-refractivity contribution < 1.29 is 4.79 Å². The number of rotatable bonds is 7. The molecule has 4 aromatic rings. The molecule has 2 aromatic carbocycles. The van der Waals surface area contributed by atoms with E-state index in [1.165, 1.54) is 0 Å². The number of aryl methyl sites for hydroxylation is 1. The SMILES string of the molecule is Cc1nc(-c2ccncc2)[nH]c(=O)c1CCC(=O)N[C@H](C)c1ccc(-c2ccccc2)cc1. The highest BCUT2D eigenvalue weighted by Crippen LogP contribution is 2.22. The Hall–Kier alpha value is -4.06. The van der Waals surface area contributed by atoms with Gasteiger partial charge in [0.25, 0.3) is 5.56 Å². The Kier molecular flexibility index (Phi) is 6.74. The number of carbonyl (C=O) groups is 1. The number of amides is 1. The zero-order chi connectivity index (χ0) is 23.2. The van der Waals surface area contributed by atoms with Crippen LogP contribution in [0, 0.1) is 6.92 Å². The van der Waals surface area contributed by atoms with Crippen LogP contribution < -0.4 is 10.9 Å². The van der Waals surface area contributed by atoms with E-state index < -0.39 is 0 Å². The van der Waals surface area contributed by atoms with E-state index in [2.05, 4.69) is 44.5 Å². The quantitative estimate of drug-likeness (QED) is 0.441. The van der Waals surface area contributed by atoms with Gasteiger partial charge in [-0.3, -0.25) is 14.6 Å². The zero-order valence-electron chi connectivity index (χ0n) is 18.7. The average molecular weight is 439 g/mol. The monoisotopic (exact) mass is 438 g/mol. The Bertz CT molecular complexity index is 1280. The second-order valence-corrected chi connectivity index (χ2v) is 7.99. The van der Waals surface area contributed by atoms with Gasteiger partial charge in [-0.25, -0.2) is 4.98 Å². The summed E-state index contributed by atoms with van der Waals surface area (Å²) >= 11 is 0. The van der Waals surface area contributed by atoms with Crippen molar-refractivity contribution in [2.24, 2.45) is 0 Å². The van der Waals surface area contributed by atoms with Gasteiger partial charge in [0.2, 0.25) is 5.91 Å². The summed E-state index contributed by atoms with van der Waals surface area (Å²) in [6.45, 7) is 3.75. The number of H-pyrrole nitrogens is 1. The van der Waals surface area contributed by atoms with Crippen molar-refractivity contribution in [3.8, 4) is 22.5 Å². The molecule has 33 heavy (non-hydrogen) atoms. The molecule has 0 aliphatic carbocycles. The van der Waals surface area contributed by atoms with E-state index in [0.717, 1.165) is 22.3 Å². The minimum Gasteiger partial charge on any atom is -0.350 e. The summed E-state index contributed by atoms with van der Waals surface area (Å²) in [6.07, 6.45) is 3.85. The summed E-state index contributed by atoms with van der Waals surface area (Å²) < 4.78 is 0. The number of aromatic amines is 1. The van der Waals surface area contributed by atoms with E-state index in [-0.39, 0.29) is 23.9 Å². The number of hydrogen-bond donors (Lipinski definition) is 2. The molecule has 0 saturated heterocycles. The lowest BCUT2D eigenvalue weighted by Crippen LogP contribution is -2.28. The molecular weight excluding hydrogens is 412 g/mol. The van der Waals surface area contributed by atoms with Crippen molar-refractivity contribution in [1.82, 2.24) is 20.3 Å². The molecule has 0 saturated carbocycles. The Morgan fingerprint density at radius 3 is 2.27 bits per heavy atom. The summed E-state index contributed by atoms with van der Waals surface area (Å²) in [5, 5.41) is 3.02. The average Bonchev–Trinajstić information content (AvgIpc) is 2.84. The van der Waals surface area contributed by atoms with E-state index in [1.54, 1.807) is 31.5 Å². The first-order valence-electron chi connectivity index (χ1n) is 11.0. The number of nitrogens with zero attached hydrogens (tertiary/aromatic N) is 2. The molecule has 0 fully saturated rings. The molecule has 166 valence electrons. The minimum absolute atomic E-state index is 0.105. The first-order valence-corrected chi connectivity index (χ1v) is 11.0. The fourth-order valence-corrected chi connectivity index (χ4v) is 3.78. The number of carbonyl (C=O) groups excluding carboxylic acids is 1. The third-order valence-electron chi connectivity index (χ3n) is 5.67. The lowest BCUT2D eigenvalue weighted by molar-refractivity contribution is -0.121. The van der Waals surface area contributed by atoms with Crippen LogP contribution in [0.1, 0.15) is 36.2 Å². The van der Waals surface area contributed by atoms with Crippen LogP contribution in [0.4, 0.5) is 0 Å². The number of nitrogens with one attached hydrogen (secondary N) is 2. The van der Waals surface area contributed by atoms with E-state index in [0.29, 0.717) is 23.5 Å². The topological polar surface area (TPSA) is 87.7 Å². The van der Waals surface area contributed by atoms with Crippen LogP contribution in [0.3, 0.4) is 0 Å². The van der Waals surface area contributed by atoms with Gasteiger partial charge in [0, 0.05) is 35.6 Å². The maximum atomic E-state index is 12.6. The third kappa shape index (κ3) is 5.41. The first kappa shape index (κ1) is 22.1. The summed E-state index contributed by atoms with van der Waals surface area (Å²) in [5.74, 6) is 0.396. The van der Waals surface area contributed by atoms with E-state index in [9.17, 15) is 9.59 Å². The molecule has 6 heteroatoms. The van der Waals surface area contributed by atoms with Crippen LogP contribution in [0.25, 0.3) is 22.5 Å². The highest BCUT2D eigenvalue weighted by atomic mass is 16.1. The molecule has 6 nitrogen and oxygen atoms in total. The fourth-order valence-electron chi connectivity index (χ4n) is 3.78. The van der Waals surface area contributed by atoms with Crippen LogP contribution in [-0.2, 0) is 11.2 Å². The molecule has 1 atom stereocenters. The summed E-state index contributed by atoms with van der Waals surface area (Å²) in [5.41, 5.74) is 5.06. The molecule has 0 bridgehead atoms. The molecule has 0 unspecified atom stereocenters. The minimum atomic E-state index is -0.216. The Labute approximate surface area is 192 Å². The Balaban J connectivity index is 1.37. The lowest BCUT2D eigenvalue weighted by Gasteiger charge is -2.15. The maximum absolute atomic E-state index is 12.6. The normalized spacial score (nSPS) is 11.7. The first-order chi connectivity index (χ1) is 16.0. The largest absolute Gasteiger partial charge is 0.350 e. The van der Waals surface area contributed by atoms with E-state index in [4.69, 9.17) is 0 Å². The van der Waals surface area contributed by atoms with Crippen LogP contribution in [0.5, 0.6) is 0 Å².